The minimum absolute atomic E-state index is 0.118. The van der Waals surface area contributed by atoms with E-state index in [1.807, 2.05) is 36.4 Å². The topological polar surface area (TPSA) is 79.5 Å². The summed E-state index contributed by atoms with van der Waals surface area (Å²) in [5.41, 5.74) is 3.60. The molecule has 2 aromatic heterocycles. The SMILES string of the molecule is O=c1cc(N2CCOC(c3cccc4c3Oc3ccc(NCc5ccc(F)nc5)cc3S4)C2)cc[nH]1. The van der Waals surface area contributed by atoms with Crippen LogP contribution in [-0.4, -0.2) is 29.7 Å². The average molecular weight is 503 g/mol. The molecule has 0 amide bonds. The number of hydrogen-bond donors (Lipinski definition) is 2. The van der Waals surface area contributed by atoms with Gasteiger partial charge in [0.2, 0.25) is 11.5 Å². The molecule has 0 radical (unpaired) electrons. The number of halogens is 1. The second kappa shape index (κ2) is 9.67. The molecule has 1 atom stereocenters. The lowest BCUT2D eigenvalue weighted by molar-refractivity contribution is 0.0383. The van der Waals surface area contributed by atoms with E-state index in [1.165, 1.54) is 12.3 Å². The van der Waals surface area contributed by atoms with Crippen LogP contribution in [0.25, 0.3) is 0 Å². The van der Waals surface area contributed by atoms with Crippen molar-refractivity contribution in [2.75, 3.05) is 29.9 Å². The number of H-pyrrole nitrogens is 1. The number of nitrogens with one attached hydrogen (secondary N) is 2. The molecule has 0 saturated carbocycles. The summed E-state index contributed by atoms with van der Waals surface area (Å²) in [6, 6.07) is 18.7. The van der Waals surface area contributed by atoms with Crippen molar-refractivity contribution < 1.29 is 13.9 Å². The Labute approximate surface area is 211 Å². The normalized spacial score (nSPS) is 16.6. The number of para-hydroxylation sites is 1. The molecule has 36 heavy (non-hydrogen) atoms. The monoisotopic (exact) mass is 502 g/mol. The first kappa shape index (κ1) is 22.6. The third-order valence-corrected chi connectivity index (χ3v) is 7.29. The number of anilines is 2. The Hall–Kier alpha value is -3.82. The van der Waals surface area contributed by atoms with E-state index < -0.39 is 5.95 Å². The summed E-state index contributed by atoms with van der Waals surface area (Å²) < 4.78 is 25.6. The molecule has 1 fully saturated rings. The van der Waals surface area contributed by atoms with E-state index in [4.69, 9.17) is 9.47 Å². The number of aromatic amines is 1. The molecule has 9 heteroatoms. The molecule has 182 valence electrons. The Morgan fingerprint density at radius 1 is 1.14 bits per heavy atom. The molecule has 4 aromatic rings. The van der Waals surface area contributed by atoms with Gasteiger partial charge in [-0.1, -0.05) is 30.0 Å². The Morgan fingerprint density at radius 3 is 2.94 bits per heavy atom. The Balaban J connectivity index is 1.20. The standard InChI is InChI=1S/C27H23FN4O3S/c28-25-7-4-17(15-31-25)14-30-18-5-6-21-24(12-18)36-23-3-1-2-20(27(23)35-21)22-16-32(10-11-34-22)19-8-9-29-26(33)13-19/h1-9,12-13,15,22,30H,10-11,14,16H2,(H,29,33). The van der Waals surface area contributed by atoms with E-state index >= 15 is 0 Å². The molecule has 1 saturated heterocycles. The van der Waals surface area contributed by atoms with Gasteiger partial charge < -0.3 is 24.7 Å². The Morgan fingerprint density at radius 2 is 2.08 bits per heavy atom. The van der Waals surface area contributed by atoms with Crippen LogP contribution in [0.15, 0.2) is 87.6 Å². The number of hydrogen-bond acceptors (Lipinski definition) is 7. The summed E-state index contributed by atoms with van der Waals surface area (Å²) in [6.45, 7) is 2.45. The van der Waals surface area contributed by atoms with Gasteiger partial charge in [-0.2, -0.15) is 4.39 Å². The molecular weight excluding hydrogens is 479 g/mol. The van der Waals surface area contributed by atoms with Crippen LogP contribution in [0.3, 0.4) is 0 Å². The van der Waals surface area contributed by atoms with Gasteiger partial charge >= 0.3 is 0 Å². The van der Waals surface area contributed by atoms with Crippen molar-refractivity contribution in [1.82, 2.24) is 9.97 Å². The predicted octanol–water partition coefficient (Wildman–Crippen LogP) is 5.36. The zero-order valence-electron chi connectivity index (χ0n) is 19.2. The molecule has 1 unspecified atom stereocenters. The second-order valence-electron chi connectivity index (χ2n) is 8.60. The van der Waals surface area contributed by atoms with E-state index in [1.54, 1.807) is 30.1 Å². The van der Waals surface area contributed by atoms with E-state index in [2.05, 4.69) is 26.3 Å². The number of aromatic nitrogens is 2. The summed E-state index contributed by atoms with van der Waals surface area (Å²) >= 11 is 1.66. The lowest BCUT2D eigenvalue weighted by Crippen LogP contribution is -2.39. The first-order valence-electron chi connectivity index (χ1n) is 11.6. The summed E-state index contributed by atoms with van der Waals surface area (Å²) in [5.74, 6) is 1.11. The molecule has 0 spiro atoms. The van der Waals surface area contributed by atoms with Crippen molar-refractivity contribution in [3.05, 3.63) is 100 Å². The van der Waals surface area contributed by atoms with Crippen molar-refractivity contribution in [3.63, 3.8) is 0 Å². The molecule has 4 heterocycles. The van der Waals surface area contributed by atoms with E-state index in [9.17, 15) is 9.18 Å². The number of benzene rings is 2. The molecular formula is C27H23FN4O3S. The minimum Gasteiger partial charge on any atom is -0.455 e. The van der Waals surface area contributed by atoms with Crippen LogP contribution in [-0.2, 0) is 11.3 Å². The fourth-order valence-electron chi connectivity index (χ4n) is 4.40. The summed E-state index contributed by atoms with van der Waals surface area (Å²) in [5, 5.41) is 3.36. The Kier molecular flexibility index (Phi) is 6.08. The van der Waals surface area contributed by atoms with Crippen LogP contribution in [0.1, 0.15) is 17.2 Å². The van der Waals surface area contributed by atoms with Crippen molar-refractivity contribution >= 4 is 23.1 Å². The first-order valence-corrected chi connectivity index (χ1v) is 12.5. The van der Waals surface area contributed by atoms with Gasteiger partial charge in [-0.05, 0) is 42.0 Å². The zero-order chi connectivity index (χ0) is 24.5. The average Bonchev–Trinajstić information content (AvgIpc) is 2.91. The number of nitrogens with zero attached hydrogens (tertiary/aromatic N) is 2. The van der Waals surface area contributed by atoms with Gasteiger partial charge in [-0.3, -0.25) is 4.79 Å². The van der Waals surface area contributed by atoms with Crippen molar-refractivity contribution in [3.8, 4) is 11.5 Å². The van der Waals surface area contributed by atoms with E-state index in [0.29, 0.717) is 19.7 Å². The molecule has 2 aliphatic heterocycles. The number of fused-ring (bicyclic) bond motifs is 2. The van der Waals surface area contributed by atoms with Gasteiger partial charge in [0.1, 0.15) is 17.6 Å². The van der Waals surface area contributed by atoms with Gasteiger partial charge in [0.05, 0.1) is 16.4 Å². The lowest BCUT2D eigenvalue weighted by atomic mass is 10.1. The predicted molar refractivity (Wildman–Crippen MR) is 137 cm³/mol. The van der Waals surface area contributed by atoms with Crippen LogP contribution in [0.4, 0.5) is 15.8 Å². The highest BCUT2D eigenvalue weighted by Crippen LogP contribution is 2.50. The largest absolute Gasteiger partial charge is 0.455 e. The van der Waals surface area contributed by atoms with Crippen LogP contribution < -0.4 is 20.5 Å². The van der Waals surface area contributed by atoms with Crippen molar-refractivity contribution in [2.24, 2.45) is 0 Å². The van der Waals surface area contributed by atoms with Crippen molar-refractivity contribution in [2.45, 2.75) is 22.4 Å². The van der Waals surface area contributed by atoms with Gasteiger partial charge in [-0.15, -0.1) is 0 Å². The lowest BCUT2D eigenvalue weighted by Gasteiger charge is -2.35. The van der Waals surface area contributed by atoms with Gasteiger partial charge in [0, 0.05) is 55.0 Å². The first-order chi connectivity index (χ1) is 17.6. The summed E-state index contributed by atoms with van der Waals surface area (Å²) in [7, 11) is 0. The number of morpholine rings is 1. The van der Waals surface area contributed by atoms with E-state index in [0.717, 1.165) is 50.3 Å². The highest BCUT2D eigenvalue weighted by Gasteiger charge is 2.29. The second-order valence-corrected chi connectivity index (χ2v) is 9.68. The van der Waals surface area contributed by atoms with Crippen LogP contribution in [0.5, 0.6) is 11.5 Å². The molecule has 2 aromatic carbocycles. The Bertz CT molecular complexity index is 1460. The van der Waals surface area contributed by atoms with Gasteiger partial charge in [0.25, 0.3) is 0 Å². The highest BCUT2D eigenvalue weighted by molar-refractivity contribution is 7.99. The molecule has 2 N–H and O–H groups in total. The smallest absolute Gasteiger partial charge is 0.249 e. The number of rotatable bonds is 5. The van der Waals surface area contributed by atoms with Crippen LogP contribution in [0.2, 0.25) is 0 Å². The maximum absolute atomic E-state index is 13.0. The molecule has 0 bridgehead atoms. The minimum atomic E-state index is -0.485. The van der Waals surface area contributed by atoms with Gasteiger partial charge in [0.15, 0.2) is 0 Å². The molecule has 0 aliphatic carbocycles. The van der Waals surface area contributed by atoms with Crippen LogP contribution >= 0.6 is 11.8 Å². The van der Waals surface area contributed by atoms with Gasteiger partial charge in [-0.25, -0.2) is 4.98 Å². The maximum atomic E-state index is 13.0. The third-order valence-electron chi connectivity index (χ3n) is 6.21. The summed E-state index contributed by atoms with van der Waals surface area (Å²) in [6.07, 6.45) is 3.02. The summed E-state index contributed by atoms with van der Waals surface area (Å²) in [4.78, 5) is 22.4. The molecule has 6 rings (SSSR count). The van der Waals surface area contributed by atoms with Crippen molar-refractivity contribution in [1.29, 1.82) is 0 Å². The highest BCUT2D eigenvalue weighted by atomic mass is 32.2. The molecule has 7 nitrogen and oxygen atoms in total. The quantitative estimate of drug-likeness (QED) is 0.314. The zero-order valence-corrected chi connectivity index (χ0v) is 20.1. The maximum Gasteiger partial charge on any atom is 0.249 e. The third kappa shape index (κ3) is 4.67. The number of ether oxygens (including phenoxy) is 2. The number of pyridine rings is 2. The van der Waals surface area contributed by atoms with Crippen LogP contribution in [0, 0.1) is 5.95 Å². The fraction of sp³-hybridized carbons (Fsp3) is 0.185. The van der Waals surface area contributed by atoms with E-state index in [-0.39, 0.29) is 11.7 Å². The fourth-order valence-corrected chi connectivity index (χ4v) is 5.44. The molecule has 2 aliphatic rings.